The van der Waals surface area contributed by atoms with Gasteiger partial charge in [0.25, 0.3) is 0 Å². The van der Waals surface area contributed by atoms with Crippen LogP contribution in [-0.2, 0) is 11.3 Å². The predicted octanol–water partition coefficient (Wildman–Crippen LogP) is -1.17. The smallest absolute Gasteiger partial charge is 0.173 e. The van der Waals surface area contributed by atoms with Crippen LogP contribution in [0.25, 0.3) is 10.9 Å². The van der Waals surface area contributed by atoms with Crippen LogP contribution in [0.3, 0.4) is 0 Å². The molecule has 0 unspecified atom stereocenters. The van der Waals surface area contributed by atoms with Gasteiger partial charge in [-0.1, -0.05) is 18.2 Å². The van der Waals surface area contributed by atoms with Gasteiger partial charge >= 0.3 is 0 Å². The molecule has 0 bridgehead atoms. The monoisotopic (exact) mass is 336 g/mol. The number of rotatable bonds is 4. The van der Waals surface area contributed by atoms with Gasteiger partial charge in [0, 0.05) is 11.9 Å². The van der Waals surface area contributed by atoms with E-state index in [9.17, 15) is 20.4 Å². The number of benzene rings is 1. The van der Waals surface area contributed by atoms with Crippen molar-refractivity contribution in [3.8, 4) is 5.75 Å². The van der Waals surface area contributed by atoms with Crippen LogP contribution in [0.15, 0.2) is 30.3 Å². The maximum Gasteiger partial charge on any atom is 0.173 e. The van der Waals surface area contributed by atoms with Crippen molar-refractivity contribution >= 4 is 10.9 Å². The van der Waals surface area contributed by atoms with Crippen molar-refractivity contribution in [2.45, 2.75) is 37.2 Å². The van der Waals surface area contributed by atoms with Gasteiger partial charge in [-0.3, -0.25) is 0 Å². The fourth-order valence-corrected chi connectivity index (χ4v) is 2.81. The molecule has 0 spiro atoms. The van der Waals surface area contributed by atoms with Crippen molar-refractivity contribution in [3.63, 3.8) is 0 Å². The summed E-state index contributed by atoms with van der Waals surface area (Å²) in [7, 11) is 0. The van der Waals surface area contributed by atoms with Gasteiger partial charge in [-0.25, -0.2) is 4.98 Å². The number of nitrogens with zero attached hydrogens (tertiary/aromatic N) is 1. The zero-order chi connectivity index (χ0) is 17.3. The van der Waals surface area contributed by atoms with E-state index in [4.69, 9.17) is 9.84 Å². The lowest BCUT2D eigenvalue weighted by atomic mass is 9.97. The van der Waals surface area contributed by atoms with Gasteiger partial charge in [0.1, 0.15) is 29.6 Å². The number of phenolic OH excluding ortho intramolecular Hbond substituents is 1. The van der Waals surface area contributed by atoms with E-state index >= 15 is 0 Å². The Morgan fingerprint density at radius 2 is 1.88 bits per heavy atom. The summed E-state index contributed by atoms with van der Waals surface area (Å²) in [5, 5.41) is 52.5. The highest BCUT2D eigenvalue weighted by atomic mass is 16.6. The molecule has 1 aliphatic rings. The van der Waals surface area contributed by atoms with Gasteiger partial charge in [0.05, 0.1) is 18.3 Å². The lowest BCUT2D eigenvalue weighted by molar-refractivity contribution is -0.254. The van der Waals surface area contributed by atoms with Crippen molar-refractivity contribution in [1.82, 2.24) is 10.3 Å². The zero-order valence-corrected chi connectivity index (χ0v) is 12.8. The van der Waals surface area contributed by atoms with Crippen LogP contribution in [0.5, 0.6) is 5.75 Å². The van der Waals surface area contributed by atoms with Crippen LogP contribution in [-0.4, -0.2) is 67.8 Å². The molecule has 0 aliphatic carbocycles. The van der Waals surface area contributed by atoms with E-state index in [1.54, 1.807) is 24.3 Å². The minimum Gasteiger partial charge on any atom is -0.506 e. The van der Waals surface area contributed by atoms with Crippen molar-refractivity contribution in [3.05, 3.63) is 36.0 Å². The Morgan fingerprint density at radius 3 is 2.62 bits per heavy atom. The van der Waals surface area contributed by atoms with E-state index < -0.39 is 37.3 Å². The lowest BCUT2D eigenvalue weighted by Crippen LogP contribution is -2.63. The first-order valence-corrected chi connectivity index (χ1v) is 7.63. The Morgan fingerprint density at radius 1 is 1.08 bits per heavy atom. The van der Waals surface area contributed by atoms with E-state index in [1.165, 1.54) is 0 Å². The fraction of sp³-hybridized carbons (Fsp3) is 0.438. The Balaban J connectivity index is 1.72. The number of ether oxygens (including phenoxy) is 1. The molecular weight excluding hydrogens is 316 g/mol. The van der Waals surface area contributed by atoms with E-state index in [0.29, 0.717) is 11.2 Å². The number of hydrogen-bond donors (Lipinski definition) is 6. The van der Waals surface area contributed by atoms with Gasteiger partial charge < -0.3 is 35.6 Å². The minimum atomic E-state index is -1.38. The molecule has 1 aliphatic heterocycles. The summed E-state index contributed by atoms with van der Waals surface area (Å²) in [6.45, 7) is -0.323. The maximum atomic E-state index is 10.1. The molecule has 1 aromatic heterocycles. The molecule has 8 nitrogen and oxygen atoms in total. The number of nitrogens with one attached hydrogen (secondary N) is 1. The first kappa shape index (κ1) is 17.0. The average Bonchev–Trinajstić information content (AvgIpc) is 2.58. The second kappa shape index (κ2) is 6.98. The molecule has 130 valence electrons. The Bertz CT molecular complexity index is 712. The van der Waals surface area contributed by atoms with E-state index in [0.717, 1.165) is 5.39 Å². The number of phenols is 1. The van der Waals surface area contributed by atoms with Gasteiger partial charge in [-0.2, -0.15) is 0 Å². The summed E-state index contributed by atoms with van der Waals surface area (Å²) < 4.78 is 5.08. The van der Waals surface area contributed by atoms with Gasteiger partial charge in [-0.15, -0.1) is 0 Å². The molecule has 0 saturated carbocycles. The van der Waals surface area contributed by atoms with Crippen LogP contribution in [0.1, 0.15) is 5.69 Å². The summed E-state index contributed by atoms with van der Waals surface area (Å²) in [6, 6.07) is 7.71. The molecule has 2 aromatic rings. The zero-order valence-electron chi connectivity index (χ0n) is 12.8. The first-order chi connectivity index (χ1) is 11.5. The van der Waals surface area contributed by atoms with Crippen molar-refractivity contribution in [1.29, 1.82) is 0 Å². The SMILES string of the molecule is OC[C@H]1O[C@@H](O)[C@H](NCc2ccc3cccc(O)c3n2)[C@@H](O)[C@@H]1O. The number of fused-ring (bicyclic) bond motifs is 1. The third-order valence-electron chi connectivity index (χ3n) is 4.18. The molecule has 1 fully saturated rings. The third-order valence-corrected chi connectivity index (χ3v) is 4.18. The fourth-order valence-electron chi connectivity index (χ4n) is 2.81. The second-order valence-corrected chi connectivity index (χ2v) is 5.79. The summed E-state index contributed by atoms with van der Waals surface area (Å²) in [5.74, 6) is 0.0663. The van der Waals surface area contributed by atoms with Crippen molar-refractivity contribution in [2.75, 3.05) is 6.61 Å². The lowest BCUT2D eigenvalue weighted by Gasteiger charge is -2.40. The number of aromatic hydroxyl groups is 1. The normalized spacial score (nSPS) is 30.6. The summed E-state index contributed by atoms with van der Waals surface area (Å²) in [5.41, 5.74) is 1.04. The minimum absolute atomic E-state index is 0.0663. The third kappa shape index (κ3) is 3.20. The van der Waals surface area contributed by atoms with Crippen molar-refractivity contribution < 1.29 is 30.3 Å². The standard InChI is InChI=1S/C16H20N2O6/c19-7-11-14(21)15(22)13(16(23)24-11)17-6-9-5-4-8-2-1-3-10(20)12(8)18-9/h1-5,11,13-17,19-23H,6-7H2/t11-,13-,14-,15-,16-/m1/s1. The molecule has 1 aromatic carbocycles. The molecule has 2 heterocycles. The van der Waals surface area contributed by atoms with Crippen molar-refractivity contribution in [2.24, 2.45) is 0 Å². The number of para-hydroxylation sites is 1. The van der Waals surface area contributed by atoms with E-state index in [1.807, 2.05) is 6.07 Å². The molecule has 1 saturated heterocycles. The molecule has 3 rings (SSSR count). The van der Waals surface area contributed by atoms with Gasteiger partial charge in [-0.05, 0) is 12.1 Å². The van der Waals surface area contributed by atoms with E-state index in [-0.39, 0.29) is 12.3 Å². The van der Waals surface area contributed by atoms with Crippen LogP contribution in [0.2, 0.25) is 0 Å². The Kier molecular flexibility index (Phi) is 4.95. The van der Waals surface area contributed by atoms with Crippen LogP contribution in [0, 0.1) is 0 Å². The molecular formula is C16H20N2O6. The van der Waals surface area contributed by atoms with Crippen LogP contribution in [0.4, 0.5) is 0 Å². The highest BCUT2D eigenvalue weighted by Gasteiger charge is 2.43. The number of pyridine rings is 1. The second-order valence-electron chi connectivity index (χ2n) is 5.79. The van der Waals surface area contributed by atoms with Gasteiger partial charge in [0.2, 0.25) is 0 Å². The van der Waals surface area contributed by atoms with Gasteiger partial charge in [0.15, 0.2) is 6.29 Å². The molecule has 8 heteroatoms. The molecule has 5 atom stereocenters. The largest absolute Gasteiger partial charge is 0.506 e. The summed E-state index contributed by atoms with van der Waals surface area (Å²) in [4.78, 5) is 4.34. The van der Waals surface area contributed by atoms with Crippen LogP contribution >= 0.6 is 0 Å². The maximum absolute atomic E-state index is 10.1. The molecule has 24 heavy (non-hydrogen) atoms. The molecule has 0 radical (unpaired) electrons. The predicted molar refractivity (Wildman–Crippen MR) is 84.0 cm³/mol. The summed E-state index contributed by atoms with van der Waals surface area (Å²) in [6.07, 6.45) is -5.04. The number of aliphatic hydroxyl groups excluding tert-OH is 4. The average molecular weight is 336 g/mol. The van der Waals surface area contributed by atoms with E-state index in [2.05, 4.69) is 10.3 Å². The Labute approximate surface area is 138 Å². The molecule has 0 amide bonds. The highest BCUT2D eigenvalue weighted by Crippen LogP contribution is 2.23. The first-order valence-electron chi connectivity index (χ1n) is 7.63. The molecule has 6 N–H and O–H groups in total. The highest BCUT2D eigenvalue weighted by molar-refractivity contribution is 5.84. The number of aromatic nitrogens is 1. The van der Waals surface area contributed by atoms with Crippen LogP contribution < -0.4 is 5.32 Å². The Hall–Kier alpha value is -1.81. The topological polar surface area (TPSA) is 135 Å². The quantitative estimate of drug-likeness (QED) is 0.411. The number of hydrogen-bond acceptors (Lipinski definition) is 8. The summed E-state index contributed by atoms with van der Waals surface area (Å²) >= 11 is 0. The number of aliphatic hydroxyl groups is 4.